The molecule has 2 rings (SSSR count). The average molecular weight is 331 g/mol. The molecule has 3 amide bonds. The lowest BCUT2D eigenvalue weighted by molar-refractivity contribution is -0.127. The van der Waals surface area contributed by atoms with Crippen molar-refractivity contribution in [2.75, 3.05) is 0 Å². The molecule has 0 unspecified atom stereocenters. The summed E-state index contributed by atoms with van der Waals surface area (Å²) in [5.41, 5.74) is -0.687. The molecular weight excluding hydrogens is 316 g/mol. The first kappa shape index (κ1) is 13.5. The van der Waals surface area contributed by atoms with Gasteiger partial charge in [-0.15, -0.1) is 11.3 Å². The van der Waals surface area contributed by atoms with Gasteiger partial charge in [-0.1, -0.05) is 13.8 Å². The van der Waals surface area contributed by atoms with E-state index in [0.29, 0.717) is 19.4 Å². The van der Waals surface area contributed by atoms with E-state index >= 15 is 0 Å². The Morgan fingerprint density at radius 2 is 2.00 bits per heavy atom. The summed E-state index contributed by atoms with van der Waals surface area (Å²) >= 11 is 4.99. The number of hydrogen-bond acceptors (Lipinski definition) is 3. The highest BCUT2D eigenvalue weighted by atomic mass is 79.9. The molecule has 0 atom stereocenters. The van der Waals surface area contributed by atoms with Gasteiger partial charge in [0.25, 0.3) is 5.91 Å². The number of rotatable bonds is 4. The lowest BCUT2D eigenvalue weighted by atomic mass is 9.91. The molecule has 1 fully saturated rings. The number of halogens is 1. The fourth-order valence-corrected chi connectivity index (χ4v) is 3.84. The van der Waals surface area contributed by atoms with Gasteiger partial charge < -0.3 is 4.90 Å². The van der Waals surface area contributed by atoms with Crippen LogP contribution in [0.15, 0.2) is 15.9 Å². The second-order valence-electron chi connectivity index (χ2n) is 4.29. The number of nitrogens with zero attached hydrogens (tertiary/aromatic N) is 1. The summed E-state index contributed by atoms with van der Waals surface area (Å²) in [6.45, 7) is 4.37. The van der Waals surface area contributed by atoms with Gasteiger partial charge in [-0.05, 0) is 40.9 Å². The van der Waals surface area contributed by atoms with Gasteiger partial charge in [-0.2, -0.15) is 0 Å². The van der Waals surface area contributed by atoms with E-state index in [9.17, 15) is 9.59 Å². The number of hydrogen-bond donors (Lipinski definition) is 1. The summed E-state index contributed by atoms with van der Waals surface area (Å²) in [4.78, 5) is 26.6. The summed E-state index contributed by atoms with van der Waals surface area (Å²) in [7, 11) is 0. The average Bonchev–Trinajstić information content (AvgIpc) is 2.84. The molecule has 0 saturated carbocycles. The number of amides is 3. The van der Waals surface area contributed by atoms with E-state index in [1.165, 1.54) is 0 Å². The predicted molar refractivity (Wildman–Crippen MR) is 74.4 cm³/mol. The highest BCUT2D eigenvalue weighted by molar-refractivity contribution is 9.11. The van der Waals surface area contributed by atoms with Gasteiger partial charge in [-0.25, -0.2) is 4.79 Å². The quantitative estimate of drug-likeness (QED) is 0.862. The molecule has 1 aliphatic rings. The molecule has 0 aromatic carbocycles. The zero-order valence-corrected chi connectivity index (χ0v) is 12.7. The van der Waals surface area contributed by atoms with Gasteiger partial charge in [0, 0.05) is 4.88 Å². The van der Waals surface area contributed by atoms with Crippen molar-refractivity contribution < 1.29 is 9.59 Å². The normalized spacial score (nSPS) is 18.3. The summed E-state index contributed by atoms with van der Waals surface area (Å²) < 4.78 is 1.03. The van der Waals surface area contributed by atoms with Crippen molar-refractivity contribution >= 4 is 39.2 Å². The Bertz CT molecular complexity index is 482. The molecule has 0 bridgehead atoms. The Kier molecular flexibility index (Phi) is 3.77. The van der Waals surface area contributed by atoms with Crippen molar-refractivity contribution in [2.45, 2.75) is 38.8 Å². The molecule has 1 aliphatic heterocycles. The molecule has 0 spiro atoms. The van der Waals surface area contributed by atoms with Crippen LogP contribution in [-0.2, 0) is 11.3 Å². The number of thiophene rings is 1. The standard InChI is InChI=1S/C12H15BrN2O2S/c1-3-12(4-2)10(16)14-11(17)15(12)7-8-5-6-9(13)18-8/h5-6H,3-4,7H2,1-2H3,(H,14,16,17). The van der Waals surface area contributed by atoms with Crippen molar-refractivity contribution in [3.8, 4) is 0 Å². The molecule has 1 aromatic rings. The molecule has 98 valence electrons. The summed E-state index contributed by atoms with van der Waals surface area (Å²) in [6.07, 6.45) is 1.27. The van der Waals surface area contributed by atoms with Crippen LogP contribution in [0.1, 0.15) is 31.6 Å². The zero-order valence-electron chi connectivity index (χ0n) is 10.3. The molecular formula is C12H15BrN2O2S. The van der Waals surface area contributed by atoms with Gasteiger partial charge in [-0.3, -0.25) is 10.1 Å². The lowest BCUT2D eigenvalue weighted by Gasteiger charge is -2.33. The largest absolute Gasteiger partial charge is 0.325 e. The highest BCUT2D eigenvalue weighted by Crippen LogP contribution is 2.32. The van der Waals surface area contributed by atoms with Crippen LogP contribution >= 0.6 is 27.3 Å². The SMILES string of the molecule is CCC1(CC)C(=O)NC(=O)N1Cc1ccc(Br)s1. The molecule has 1 N–H and O–H groups in total. The van der Waals surface area contributed by atoms with E-state index in [1.807, 2.05) is 26.0 Å². The number of carbonyl (C=O) groups excluding carboxylic acids is 2. The minimum atomic E-state index is -0.687. The second kappa shape index (κ2) is 5.01. The third-order valence-electron chi connectivity index (χ3n) is 3.52. The summed E-state index contributed by atoms with van der Waals surface area (Å²) in [5.74, 6) is -0.173. The summed E-state index contributed by atoms with van der Waals surface area (Å²) in [5, 5.41) is 2.43. The Morgan fingerprint density at radius 1 is 1.33 bits per heavy atom. The van der Waals surface area contributed by atoms with E-state index in [2.05, 4.69) is 21.2 Å². The Morgan fingerprint density at radius 3 is 2.50 bits per heavy atom. The minimum absolute atomic E-state index is 0.173. The molecule has 4 nitrogen and oxygen atoms in total. The van der Waals surface area contributed by atoms with Crippen LogP contribution in [0, 0.1) is 0 Å². The third-order valence-corrected chi connectivity index (χ3v) is 5.13. The van der Waals surface area contributed by atoms with Crippen LogP contribution in [0.4, 0.5) is 4.79 Å². The highest BCUT2D eigenvalue weighted by Gasteiger charge is 2.50. The number of imide groups is 1. The minimum Gasteiger partial charge on any atom is -0.305 e. The molecule has 2 heterocycles. The first-order valence-corrected chi connectivity index (χ1v) is 7.51. The third kappa shape index (κ3) is 2.07. The Balaban J connectivity index is 2.29. The number of nitrogens with one attached hydrogen (secondary N) is 1. The van der Waals surface area contributed by atoms with Crippen LogP contribution < -0.4 is 5.32 Å². The Hall–Kier alpha value is -0.880. The maximum Gasteiger partial charge on any atom is 0.325 e. The first-order valence-electron chi connectivity index (χ1n) is 5.90. The Labute approximate surface area is 118 Å². The number of carbonyl (C=O) groups is 2. The zero-order chi connectivity index (χ0) is 13.3. The molecule has 0 radical (unpaired) electrons. The van der Waals surface area contributed by atoms with Crippen LogP contribution in [0.2, 0.25) is 0 Å². The van der Waals surface area contributed by atoms with Gasteiger partial charge in [0.15, 0.2) is 0 Å². The first-order chi connectivity index (χ1) is 8.53. The van der Waals surface area contributed by atoms with E-state index in [4.69, 9.17) is 0 Å². The van der Waals surface area contributed by atoms with Crippen molar-refractivity contribution in [1.29, 1.82) is 0 Å². The van der Waals surface area contributed by atoms with Gasteiger partial charge in [0.2, 0.25) is 0 Å². The van der Waals surface area contributed by atoms with Crippen LogP contribution in [0.5, 0.6) is 0 Å². The fraction of sp³-hybridized carbons (Fsp3) is 0.500. The molecule has 1 aromatic heterocycles. The maximum absolute atomic E-state index is 12.0. The van der Waals surface area contributed by atoms with E-state index in [-0.39, 0.29) is 11.9 Å². The molecule has 18 heavy (non-hydrogen) atoms. The topological polar surface area (TPSA) is 49.4 Å². The van der Waals surface area contributed by atoms with Gasteiger partial charge in [0.1, 0.15) is 5.54 Å². The number of urea groups is 1. The van der Waals surface area contributed by atoms with Crippen molar-refractivity contribution in [1.82, 2.24) is 10.2 Å². The lowest BCUT2D eigenvalue weighted by Crippen LogP contribution is -2.48. The van der Waals surface area contributed by atoms with Crippen LogP contribution in [-0.4, -0.2) is 22.4 Å². The molecule has 1 saturated heterocycles. The fourth-order valence-electron chi connectivity index (χ4n) is 2.37. The molecule has 6 heteroatoms. The molecule has 0 aliphatic carbocycles. The second-order valence-corrected chi connectivity index (χ2v) is 6.84. The monoisotopic (exact) mass is 330 g/mol. The van der Waals surface area contributed by atoms with E-state index in [1.54, 1.807) is 16.2 Å². The van der Waals surface area contributed by atoms with Crippen molar-refractivity contribution in [3.05, 3.63) is 20.8 Å². The predicted octanol–water partition coefficient (Wildman–Crippen LogP) is 3.12. The van der Waals surface area contributed by atoms with Crippen molar-refractivity contribution in [3.63, 3.8) is 0 Å². The van der Waals surface area contributed by atoms with Gasteiger partial charge >= 0.3 is 6.03 Å². The van der Waals surface area contributed by atoms with Crippen molar-refractivity contribution in [2.24, 2.45) is 0 Å². The maximum atomic E-state index is 12.0. The van der Waals surface area contributed by atoms with E-state index < -0.39 is 5.54 Å². The smallest absolute Gasteiger partial charge is 0.305 e. The summed E-state index contributed by atoms with van der Waals surface area (Å²) in [6, 6.07) is 3.64. The van der Waals surface area contributed by atoms with Gasteiger partial charge in [0.05, 0.1) is 10.3 Å². The van der Waals surface area contributed by atoms with Crippen LogP contribution in [0.3, 0.4) is 0 Å². The van der Waals surface area contributed by atoms with Crippen LogP contribution in [0.25, 0.3) is 0 Å². The van der Waals surface area contributed by atoms with E-state index in [0.717, 1.165) is 8.66 Å².